The average Bonchev–Trinajstić information content (AvgIpc) is 2.73. The van der Waals surface area contributed by atoms with Crippen LogP contribution < -0.4 is 14.8 Å². The zero-order valence-corrected chi connectivity index (χ0v) is 18.0. The molecular formula is C20H18ClF3N2O7. The number of carbonyl (C=O) groups excluding carboxylic acids is 2. The first-order valence-electron chi connectivity index (χ1n) is 9.29. The maximum absolute atomic E-state index is 12.8. The summed E-state index contributed by atoms with van der Waals surface area (Å²) in [6.45, 7) is 1.90. The van der Waals surface area contributed by atoms with Gasteiger partial charge in [-0.2, -0.15) is 13.2 Å². The second-order valence-corrected chi connectivity index (χ2v) is 6.96. The van der Waals surface area contributed by atoms with Gasteiger partial charge in [0.2, 0.25) is 0 Å². The summed E-state index contributed by atoms with van der Waals surface area (Å²) in [6.07, 6.45) is -4.59. The number of halogens is 4. The Labute approximate surface area is 190 Å². The summed E-state index contributed by atoms with van der Waals surface area (Å²) >= 11 is 5.86. The molecule has 0 aliphatic carbocycles. The summed E-state index contributed by atoms with van der Waals surface area (Å²) in [5, 5.41) is 13.3. The van der Waals surface area contributed by atoms with Gasteiger partial charge in [0.15, 0.2) is 0 Å². The summed E-state index contributed by atoms with van der Waals surface area (Å²) in [5.74, 6) is -2.25. The number of benzene rings is 2. The van der Waals surface area contributed by atoms with Crippen LogP contribution in [-0.2, 0) is 20.5 Å². The van der Waals surface area contributed by atoms with Gasteiger partial charge in [-0.05, 0) is 37.3 Å². The van der Waals surface area contributed by atoms with E-state index in [1.54, 1.807) is 6.92 Å². The number of alkyl halides is 3. The summed E-state index contributed by atoms with van der Waals surface area (Å²) in [4.78, 5) is 34.3. The summed E-state index contributed by atoms with van der Waals surface area (Å²) < 4.78 is 53.7. The lowest BCUT2D eigenvalue weighted by Gasteiger charge is -2.21. The van der Waals surface area contributed by atoms with E-state index in [0.29, 0.717) is 6.07 Å². The molecule has 0 fully saturated rings. The van der Waals surface area contributed by atoms with E-state index in [1.807, 2.05) is 0 Å². The Morgan fingerprint density at radius 3 is 2.39 bits per heavy atom. The van der Waals surface area contributed by atoms with Crippen molar-refractivity contribution in [2.45, 2.75) is 25.7 Å². The first-order chi connectivity index (χ1) is 15.4. The highest BCUT2D eigenvalue weighted by atomic mass is 35.5. The average molecular weight is 491 g/mol. The molecule has 0 aliphatic heterocycles. The molecule has 178 valence electrons. The van der Waals surface area contributed by atoms with Crippen LogP contribution in [0.15, 0.2) is 42.5 Å². The number of amides is 1. The van der Waals surface area contributed by atoms with Crippen molar-refractivity contribution >= 4 is 23.5 Å². The number of ether oxygens (including phenoxy) is 3. The second kappa shape index (κ2) is 10.4. The highest BCUT2D eigenvalue weighted by molar-refractivity contribution is 6.32. The van der Waals surface area contributed by atoms with Gasteiger partial charge in [-0.25, -0.2) is 0 Å². The molecule has 2 aromatic rings. The molecule has 0 saturated carbocycles. The monoisotopic (exact) mass is 490 g/mol. The van der Waals surface area contributed by atoms with Crippen LogP contribution in [0.4, 0.5) is 13.2 Å². The third kappa shape index (κ3) is 6.72. The first kappa shape index (κ1) is 25.7. The molecule has 2 aromatic carbocycles. The Bertz CT molecular complexity index is 1050. The van der Waals surface area contributed by atoms with Crippen LogP contribution in [0.3, 0.4) is 0 Å². The Hall–Kier alpha value is -3.54. The van der Waals surface area contributed by atoms with Gasteiger partial charge in [-0.3, -0.25) is 19.7 Å². The highest BCUT2D eigenvalue weighted by Crippen LogP contribution is 2.37. The smallest absolute Gasteiger partial charge is 0.439 e. The van der Waals surface area contributed by atoms with Crippen molar-refractivity contribution in [1.82, 2.24) is 5.32 Å². The van der Waals surface area contributed by atoms with E-state index in [-0.39, 0.29) is 28.9 Å². The summed E-state index contributed by atoms with van der Waals surface area (Å²) in [5.41, 5.74) is -3.58. The lowest BCUT2D eigenvalue weighted by Crippen LogP contribution is -2.55. The maximum Gasteiger partial charge on any atom is 0.439 e. The van der Waals surface area contributed by atoms with E-state index in [1.165, 1.54) is 24.3 Å². The van der Waals surface area contributed by atoms with E-state index in [9.17, 15) is 32.9 Å². The Morgan fingerprint density at radius 2 is 1.82 bits per heavy atom. The van der Waals surface area contributed by atoms with Gasteiger partial charge in [0.25, 0.3) is 0 Å². The lowest BCUT2D eigenvalue weighted by molar-refractivity contribution is -0.591. The first-order valence-corrected chi connectivity index (χ1v) is 9.66. The van der Waals surface area contributed by atoms with Gasteiger partial charge in [0.1, 0.15) is 23.8 Å². The molecule has 0 aromatic heterocycles. The number of esters is 1. The van der Waals surface area contributed by atoms with Crippen molar-refractivity contribution in [3.8, 4) is 17.2 Å². The van der Waals surface area contributed by atoms with Crippen molar-refractivity contribution in [1.29, 1.82) is 0 Å². The molecule has 1 atom stereocenters. The Balaban J connectivity index is 2.19. The van der Waals surface area contributed by atoms with E-state index in [0.717, 1.165) is 19.1 Å². The van der Waals surface area contributed by atoms with E-state index >= 15 is 0 Å². The number of nitro groups is 1. The van der Waals surface area contributed by atoms with Crippen LogP contribution in [0.2, 0.25) is 5.02 Å². The molecule has 33 heavy (non-hydrogen) atoms. The van der Waals surface area contributed by atoms with Crippen molar-refractivity contribution in [3.63, 3.8) is 0 Å². The molecule has 2 rings (SSSR count). The fourth-order valence-corrected chi connectivity index (χ4v) is 2.63. The second-order valence-electron chi connectivity index (χ2n) is 6.55. The molecule has 0 spiro atoms. The van der Waals surface area contributed by atoms with Crippen molar-refractivity contribution in [2.24, 2.45) is 0 Å². The number of carbonyl (C=O) groups is 2. The van der Waals surface area contributed by atoms with Gasteiger partial charge < -0.3 is 19.5 Å². The van der Waals surface area contributed by atoms with Crippen LogP contribution in [0, 0.1) is 10.1 Å². The number of hydrogen-bond donors (Lipinski definition) is 1. The number of rotatable bonds is 9. The molecule has 1 unspecified atom stereocenters. The molecule has 0 heterocycles. The molecule has 1 amide bonds. The zero-order chi connectivity index (χ0) is 24.8. The molecule has 0 aliphatic rings. The maximum atomic E-state index is 12.8. The standard InChI is InChI=1S/C20H18ClF3N2O7/c1-3-31-17(27)11-25-18(28)19(2,26(29)30)33-14-6-4-5-13(10-14)32-16-8-7-12(9-15(16)21)20(22,23)24/h4-10H,3,11H2,1-2H3,(H,25,28). The fourth-order valence-electron chi connectivity index (χ4n) is 2.41. The van der Waals surface area contributed by atoms with Gasteiger partial charge in [-0.1, -0.05) is 17.7 Å². The third-order valence-electron chi connectivity index (χ3n) is 4.08. The van der Waals surface area contributed by atoms with Gasteiger partial charge >= 0.3 is 23.8 Å². The van der Waals surface area contributed by atoms with Crippen molar-refractivity contribution in [2.75, 3.05) is 13.2 Å². The summed E-state index contributed by atoms with van der Waals surface area (Å²) in [7, 11) is 0. The Kier molecular flexibility index (Phi) is 8.09. The van der Waals surface area contributed by atoms with E-state index in [2.05, 4.69) is 10.1 Å². The number of nitrogens with zero attached hydrogens (tertiary/aromatic N) is 1. The third-order valence-corrected chi connectivity index (χ3v) is 4.37. The highest BCUT2D eigenvalue weighted by Gasteiger charge is 2.49. The lowest BCUT2D eigenvalue weighted by atomic mass is 10.2. The van der Waals surface area contributed by atoms with Crippen LogP contribution >= 0.6 is 11.6 Å². The predicted molar refractivity (Wildman–Crippen MR) is 109 cm³/mol. The predicted octanol–water partition coefficient (Wildman–Crippen LogP) is 4.20. The number of hydrogen-bond acceptors (Lipinski definition) is 7. The minimum Gasteiger partial charge on any atom is -0.465 e. The fraction of sp³-hybridized carbons (Fsp3) is 0.300. The van der Waals surface area contributed by atoms with Gasteiger partial charge in [-0.15, -0.1) is 0 Å². The molecule has 0 saturated heterocycles. The SMILES string of the molecule is CCOC(=O)CNC(=O)C(C)(Oc1cccc(Oc2ccc(C(F)(F)F)cc2Cl)c1)[N+](=O)[O-]. The van der Waals surface area contributed by atoms with Gasteiger partial charge in [0, 0.05) is 6.07 Å². The molecule has 9 nitrogen and oxygen atoms in total. The minimum absolute atomic E-state index is 0.0202. The van der Waals surface area contributed by atoms with Crippen LogP contribution in [0.25, 0.3) is 0 Å². The van der Waals surface area contributed by atoms with E-state index in [4.69, 9.17) is 21.1 Å². The van der Waals surface area contributed by atoms with Crippen molar-refractivity contribution in [3.05, 3.63) is 63.2 Å². The zero-order valence-electron chi connectivity index (χ0n) is 17.3. The topological polar surface area (TPSA) is 117 Å². The van der Waals surface area contributed by atoms with Crippen molar-refractivity contribution < 1.29 is 41.9 Å². The van der Waals surface area contributed by atoms with Crippen LogP contribution in [0.5, 0.6) is 17.2 Å². The molecular weight excluding hydrogens is 473 g/mol. The van der Waals surface area contributed by atoms with Crippen LogP contribution in [-0.4, -0.2) is 35.7 Å². The minimum atomic E-state index is -4.59. The van der Waals surface area contributed by atoms with Gasteiger partial charge in [0.05, 0.1) is 29.0 Å². The molecule has 13 heteroatoms. The van der Waals surface area contributed by atoms with Crippen LogP contribution in [0.1, 0.15) is 19.4 Å². The number of nitrogens with one attached hydrogen (secondary N) is 1. The molecule has 0 bridgehead atoms. The normalized spacial score (nSPS) is 12.9. The largest absolute Gasteiger partial charge is 0.465 e. The molecule has 0 radical (unpaired) electrons. The van der Waals surface area contributed by atoms with E-state index < -0.39 is 40.8 Å². The Morgan fingerprint density at radius 1 is 1.15 bits per heavy atom. The summed E-state index contributed by atoms with van der Waals surface area (Å²) in [6, 6.07) is 7.72. The molecule has 1 N–H and O–H groups in total. The quantitative estimate of drug-likeness (QED) is 0.242.